The van der Waals surface area contributed by atoms with Crippen molar-refractivity contribution in [2.24, 2.45) is 5.92 Å². The second kappa shape index (κ2) is 5.27. The topological polar surface area (TPSA) is 71.2 Å². The van der Waals surface area contributed by atoms with Crippen molar-refractivity contribution >= 4 is 5.97 Å². The molecule has 2 rings (SSSR count). The number of hydrogen-bond acceptors (Lipinski definition) is 4. The predicted molar refractivity (Wildman–Crippen MR) is 61.3 cm³/mol. The monoisotopic (exact) mass is 238 g/mol. The van der Waals surface area contributed by atoms with Gasteiger partial charge in [-0.05, 0) is 26.3 Å². The lowest BCUT2D eigenvalue weighted by Gasteiger charge is -2.30. The number of aliphatic carboxylic acids is 1. The highest BCUT2D eigenvalue weighted by Crippen LogP contribution is 2.18. The van der Waals surface area contributed by atoms with Crippen LogP contribution in [0.1, 0.15) is 25.6 Å². The number of hydrogen-bond donors (Lipinski definition) is 1. The molecule has 0 spiro atoms. The van der Waals surface area contributed by atoms with E-state index in [0.717, 1.165) is 31.8 Å². The van der Waals surface area contributed by atoms with Gasteiger partial charge in [-0.3, -0.25) is 9.69 Å². The third kappa shape index (κ3) is 2.82. The van der Waals surface area contributed by atoms with Crippen LogP contribution < -0.4 is 0 Å². The van der Waals surface area contributed by atoms with Crippen molar-refractivity contribution in [3.8, 4) is 0 Å². The summed E-state index contributed by atoms with van der Waals surface area (Å²) >= 11 is 0. The Morgan fingerprint density at radius 1 is 1.65 bits per heavy atom. The van der Waals surface area contributed by atoms with E-state index in [-0.39, 0.29) is 5.92 Å². The number of carboxylic acid groups (broad SMARTS) is 1. The largest absolute Gasteiger partial charge is 0.481 e. The summed E-state index contributed by atoms with van der Waals surface area (Å²) in [6.45, 7) is 5.07. The minimum absolute atomic E-state index is 0.234. The molecule has 1 aliphatic rings. The summed E-state index contributed by atoms with van der Waals surface area (Å²) in [5, 5.41) is 13.1. The molecule has 0 aliphatic carbocycles. The smallest absolute Gasteiger partial charge is 0.307 e. The zero-order valence-electron chi connectivity index (χ0n) is 10.0. The van der Waals surface area contributed by atoms with Gasteiger partial charge in [0.05, 0.1) is 12.5 Å². The highest BCUT2D eigenvalue weighted by molar-refractivity contribution is 5.70. The normalized spacial score (nSPS) is 21.6. The summed E-state index contributed by atoms with van der Waals surface area (Å²) < 4.78 is 1.85. The molecular weight excluding hydrogens is 220 g/mol. The Bertz CT molecular complexity index is 391. The molecule has 1 atom stereocenters. The van der Waals surface area contributed by atoms with E-state index in [1.807, 2.05) is 11.6 Å². The Kier molecular flexibility index (Phi) is 3.73. The summed E-state index contributed by atoms with van der Waals surface area (Å²) in [5.41, 5.74) is 0. The van der Waals surface area contributed by atoms with Crippen molar-refractivity contribution in [1.29, 1.82) is 0 Å². The molecular formula is C11H18N4O2. The summed E-state index contributed by atoms with van der Waals surface area (Å²) in [5.74, 6) is -0.00746. The van der Waals surface area contributed by atoms with Crippen LogP contribution in [0.4, 0.5) is 0 Å². The Balaban J connectivity index is 1.97. The summed E-state index contributed by atoms with van der Waals surface area (Å²) in [4.78, 5) is 17.3. The molecule has 1 fully saturated rings. The van der Waals surface area contributed by atoms with Crippen molar-refractivity contribution in [2.75, 3.05) is 13.1 Å². The average Bonchev–Trinajstić information content (AvgIpc) is 2.76. The highest BCUT2D eigenvalue weighted by Gasteiger charge is 2.25. The number of aryl methyl sites for hydroxylation is 1. The van der Waals surface area contributed by atoms with E-state index in [4.69, 9.17) is 5.11 Å². The summed E-state index contributed by atoms with van der Waals surface area (Å²) in [7, 11) is 0. The molecule has 0 radical (unpaired) electrons. The molecule has 2 heterocycles. The van der Waals surface area contributed by atoms with E-state index in [2.05, 4.69) is 15.0 Å². The van der Waals surface area contributed by atoms with E-state index >= 15 is 0 Å². The predicted octanol–water partition coefficient (Wildman–Crippen LogP) is 0.595. The van der Waals surface area contributed by atoms with Crippen LogP contribution in [0.3, 0.4) is 0 Å². The number of rotatable bonds is 4. The molecule has 6 nitrogen and oxygen atoms in total. The third-order valence-electron chi connectivity index (χ3n) is 3.22. The lowest BCUT2D eigenvalue weighted by atomic mass is 9.98. The van der Waals surface area contributed by atoms with Gasteiger partial charge in [0.15, 0.2) is 0 Å². The lowest BCUT2D eigenvalue weighted by Crippen LogP contribution is -2.38. The number of carbonyl (C=O) groups is 1. The van der Waals surface area contributed by atoms with Crippen molar-refractivity contribution < 1.29 is 9.90 Å². The molecule has 0 aromatic carbocycles. The maximum Gasteiger partial charge on any atom is 0.307 e. The van der Waals surface area contributed by atoms with Gasteiger partial charge < -0.3 is 5.11 Å². The molecule has 1 aromatic heterocycles. The molecule has 0 bridgehead atoms. The first kappa shape index (κ1) is 12.0. The van der Waals surface area contributed by atoms with Crippen LogP contribution in [0.15, 0.2) is 6.33 Å². The molecule has 6 heteroatoms. The van der Waals surface area contributed by atoms with Crippen LogP contribution in [0.2, 0.25) is 0 Å². The molecule has 1 aliphatic heterocycles. The number of nitrogens with zero attached hydrogens (tertiary/aromatic N) is 4. The van der Waals surface area contributed by atoms with E-state index in [0.29, 0.717) is 13.1 Å². The van der Waals surface area contributed by atoms with Crippen molar-refractivity contribution in [1.82, 2.24) is 19.7 Å². The van der Waals surface area contributed by atoms with Crippen LogP contribution in [0.5, 0.6) is 0 Å². The van der Waals surface area contributed by atoms with Crippen molar-refractivity contribution in [3.63, 3.8) is 0 Å². The van der Waals surface area contributed by atoms with E-state index in [1.54, 1.807) is 6.33 Å². The molecule has 1 N–H and O–H groups in total. The van der Waals surface area contributed by atoms with Gasteiger partial charge in [-0.25, -0.2) is 9.67 Å². The zero-order valence-corrected chi connectivity index (χ0v) is 10.0. The average molecular weight is 238 g/mol. The van der Waals surface area contributed by atoms with Crippen LogP contribution >= 0.6 is 0 Å². The fourth-order valence-electron chi connectivity index (χ4n) is 2.28. The maximum atomic E-state index is 11.0. The van der Waals surface area contributed by atoms with E-state index < -0.39 is 5.97 Å². The molecule has 1 saturated heterocycles. The fraction of sp³-hybridized carbons (Fsp3) is 0.727. The SMILES string of the molecule is CCn1ncnc1CN1CCCC(C(=O)O)C1. The van der Waals surface area contributed by atoms with Crippen molar-refractivity contribution in [2.45, 2.75) is 32.9 Å². The van der Waals surface area contributed by atoms with Gasteiger partial charge in [-0.1, -0.05) is 0 Å². The zero-order chi connectivity index (χ0) is 12.3. The summed E-state index contributed by atoms with van der Waals surface area (Å²) in [6, 6.07) is 0. The Labute approximate surface area is 100 Å². The molecule has 1 aromatic rings. The van der Waals surface area contributed by atoms with Gasteiger partial charge in [0.1, 0.15) is 12.2 Å². The Hall–Kier alpha value is -1.43. The van der Waals surface area contributed by atoms with Crippen LogP contribution in [-0.2, 0) is 17.9 Å². The Morgan fingerprint density at radius 2 is 2.47 bits per heavy atom. The van der Waals surface area contributed by atoms with Gasteiger partial charge in [0, 0.05) is 13.1 Å². The lowest BCUT2D eigenvalue weighted by molar-refractivity contribution is -0.143. The highest BCUT2D eigenvalue weighted by atomic mass is 16.4. The fourth-order valence-corrected chi connectivity index (χ4v) is 2.28. The van der Waals surface area contributed by atoms with Gasteiger partial charge in [-0.2, -0.15) is 5.10 Å². The first-order valence-corrected chi connectivity index (χ1v) is 6.02. The number of likely N-dealkylation sites (tertiary alicyclic amines) is 1. The van der Waals surface area contributed by atoms with Gasteiger partial charge >= 0.3 is 5.97 Å². The first-order chi connectivity index (χ1) is 8.20. The maximum absolute atomic E-state index is 11.0. The van der Waals surface area contributed by atoms with E-state index in [1.165, 1.54) is 0 Å². The van der Waals surface area contributed by atoms with Crippen LogP contribution in [0.25, 0.3) is 0 Å². The number of carboxylic acids is 1. The van der Waals surface area contributed by atoms with Gasteiger partial charge in [0.25, 0.3) is 0 Å². The minimum Gasteiger partial charge on any atom is -0.481 e. The molecule has 94 valence electrons. The molecule has 0 amide bonds. The van der Waals surface area contributed by atoms with Gasteiger partial charge in [-0.15, -0.1) is 0 Å². The molecule has 17 heavy (non-hydrogen) atoms. The van der Waals surface area contributed by atoms with Crippen LogP contribution in [-0.4, -0.2) is 43.8 Å². The second-order valence-corrected chi connectivity index (χ2v) is 4.40. The second-order valence-electron chi connectivity index (χ2n) is 4.40. The Morgan fingerprint density at radius 3 is 3.18 bits per heavy atom. The standard InChI is InChI=1S/C11H18N4O2/c1-2-15-10(12-8-13-15)7-14-5-3-4-9(6-14)11(16)17/h8-9H,2-7H2,1H3,(H,16,17). The quantitative estimate of drug-likeness (QED) is 0.831. The molecule has 1 unspecified atom stereocenters. The minimum atomic E-state index is -0.688. The number of aromatic nitrogens is 3. The van der Waals surface area contributed by atoms with Gasteiger partial charge in [0.2, 0.25) is 0 Å². The first-order valence-electron chi connectivity index (χ1n) is 6.02. The number of piperidine rings is 1. The third-order valence-corrected chi connectivity index (χ3v) is 3.22. The summed E-state index contributed by atoms with van der Waals surface area (Å²) in [6.07, 6.45) is 3.28. The molecule has 0 saturated carbocycles. The van der Waals surface area contributed by atoms with Crippen LogP contribution in [0, 0.1) is 5.92 Å². The van der Waals surface area contributed by atoms with E-state index in [9.17, 15) is 4.79 Å². The van der Waals surface area contributed by atoms with Crippen molar-refractivity contribution in [3.05, 3.63) is 12.2 Å².